The lowest BCUT2D eigenvalue weighted by Crippen LogP contribution is -2.54. The Hall–Kier alpha value is -0.660. The minimum atomic E-state index is 0.581. The molecule has 2 heteroatoms. The summed E-state index contributed by atoms with van der Waals surface area (Å²) in [5, 5.41) is 0. The van der Waals surface area contributed by atoms with E-state index < -0.39 is 0 Å². The molecule has 4 bridgehead atoms. The minimum Gasteiger partial charge on any atom is -0.288 e. The molecule has 0 heterocycles. The van der Waals surface area contributed by atoms with Crippen molar-refractivity contribution in [3.63, 3.8) is 0 Å². The van der Waals surface area contributed by atoms with Crippen LogP contribution in [0.15, 0.2) is 9.98 Å². The van der Waals surface area contributed by atoms with Crippen LogP contribution >= 0.6 is 0 Å². The van der Waals surface area contributed by atoms with Gasteiger partial charge in [0.2, 0.25) is 0 Å². The molecule has 2 spiro atoms. The van der Waals surface area contributed by atoms with E-state index in [1.54, 1.807) is 0 Å². The molecule has 0 saturated heterocycles. The molecule has 142 valence electrons. The number of fused-ring (bicyclic) bond motifs is 2. The van der Waals surface area contributed by atoms with Gasteiger partial charge in [-0.05, 0) is 96.7 Å². The molecule has 8 fully saturated rings. The largest absolute Gasteiger partial charge is 0.288 e. The maximum atomic E-state index is 4.97. The Morgan fingerprint density at radius 1 is 0.692 bits per heavy atom. The smallest absolute Gasteiger partial charge is 0.0566 e. The third kappa shape index (κ3) is 1.80. The fourth-order valence-electron chi connectivity index (χ4n) is 8.77. The van der Waals surface area contributed by atoms with Crippen LogP contribution < -0.4 is 0 Å². The van der Waals surface area contributed by atoms with Crippen molar-refractivity contribution in [2.75, 3.05) is 0 Å². The fraction of sp³-hybridized carbons (Fsp3) is 0.917. The fourth-order valence-corrected chi connectivity index (χ4v) is 8.77. The van der Waals surface area contributed by atoms with E-state index in [1.165, 1.54) is 51.4 Å². The van der Waals surface area contributed by atoms with Crippen molar-refractivity contribution in [1.82, 2.24) is 0 Å². The highest BCUT2D eigenvalue weighted by Gasteiger charge is 2.71. The van der Waals surface area contributed by atoms with Crippen molar-refractivity contribution in [3.8, 4) is 0 Å². The van der Waals surface area contributed by atoms with Gasteiger partial charge in [-0.15, -0.1) is 0 Å². The normalized spacial score (nSPS) is 57.4. The van der Waals surface area contributed by atoms with Gasteiger partial charge in [0, 0.05) is 12.4 Å². The average molecular weight is 353 g/mol. The van der Waals surface area contributed by atoms with Gasteiger partial charge in [-0.25, -0.2) is 0 Å². The van der Waals surface area contributed by atoms with Crippen LogP contribution in [0, 0.1) is 45.3 Å². The molecular formula is C24H36N2. The van der Waals surface area contributed by atoms with E-state index in [4.69, 9.17) is 9.98 Å². The number of rotatable bonds is 3. The van der Waals surface area contributed by atoms with Crippen LogP contribution in [0.2, 0.25) is 0 Å². The zero-order valence-electron chi connectivity index (χ0n) is 17.2. The summed E-state index contributed by atoms with van der Waals surface area (Å²) in [6.07, 6.45) is 15.6. The predicted molar refractivity (Wildman–Crippen MR) is 108 cm³/mol. The van der Waals surface area contributed by atoms with Crippen molar-refractivity contribution in [1.29, 1.82) is 0 Å². The Labute approximate surface area is 159 Å². The van der Waals surface area contributed by atoms with Crippen molar-refractivity contribution in [3.05, 3.63) is 0 Å². The monoisotopic (exact) mass is 352 g/mol. The molecule has 0 N–H and O–H groups in total. The lowest BCUT2D eigenvalue weighted by molar-refractivity contribution is -0.118. The van der Waals surface area contributed by atoms with Crippen molar-refractivity contribution in [2.24, 2.45) is 55.3 Å². The van der Waals surface area contributed by atoms with E-state index in [0.717, 1.165) is 23.7 Å². The van der Waals surface area contributed by atoms with Crippen LogP contribution in [0.3, 0.4) is 0 Å². The first-order chi connectivity index (χ1) is 12.3. The van der Waals surface area contributed by atoms with Gasteiger partial charge in [0.25, 0.3) is 0 Å². The van der Waals surface area contributed by atoms with E-state index in [2.05, 4.69) is 40.1 Å². The molecule has 26 heavy (non-hydrogen) atoms. The SMILES string of the molecule is CC1(C)[C@@H]2CC[C@]3(C[C@@H]3N=CC=N[C@H]3C[C@]34CC[C@@H]3C[C@H]4C3(C)C)[C@H]1C2. The van der Waals surface area contributed by atoms with Crippen LogP contribution in [0.5, 0.6) is 0 Å². The molecule has 8 aliphatic carbocycles. The molecule has 0 aromatic heterocycles. The number of nitrogens with zero attached hydrogens (tertiary/aromatic N) is 2. The first-order valence-electron chi connectivity index (χ1n) is 11.4. The van der Waals surface area contributed by atoms with Gasteiger partial charge in [0.1, 0.15) is 0 Å². The second kappa shape index (κ2) is 4.66. The topological polar surface area (TPSA) is 24.7 Å². The molecule has 2 nitrogen and oxygen atoms in total. The molecule has 8 aliphatic rings. The third-order valence-corrected chi connectivity index (χ3v) is 11.0. The highest BCUT2D eigenvalue weighted by atomic mass is 15.0. The summed E-state index contributed by atoms with van der Waals surface area (Å²) < 4.78 is 0. The molecule has 0 aromatic carbocycles. The molecule has 8 saturated carbocycles. The number of hydrogen-bond acceptors (Lipinski definition) is 2. The molecule has 0 amide bonds. The molecule has 8 rings (SSSR count). The highest BCUT2D eigenvalue weighted by molar-refractivity contribution is 6.16. The van der Waals surface area contributed by atoms with Crippen LogP contribution in [-0.2, 0) is 0 Å². The van der Waals surface area contributed by atoms with Gasteiger partial charge in [-0.3, -0.25) is 9.98 Å². The summed E-state index contributed by atoms with van der Waals surface area (Å²) in [6, 6.07) is 1.21. The molecule has 0 aromatic rings. The van der Waals surface area contributed by atoms with E-state index in [9.17, 15) is 0 Å². The molecule has 0 unspecified atom stereocenters. The summed E-state index contributed by atoms with van der Waals surface area (Å²) in [5.41, 5.74) is 2.34. The first kappa shape index (κ1) is 16.3. The summed E-state index contributed by atoms with van der Waals surface area (Å²) in [4.78, 5) is 9.94. The Morgan fingerprint density at radius 2 is 1.12 bits per heavy atom. The predicted octanol–water partition coefficient (Wildman–Crippen LogP) is 5.56. The Balaban J connectivity index is 1.08. The zero-order valence-corrected chi connectivity index (χ0v) is 17.2. The standard InChI is InChI=1S/C24H36N2/c1-21(2)15-5-7-23(17(21)11-15)13-19(23)25-9-10-26-20-14-24(20)8-6-16-12-18(24)22(16,3)4/h9-10,15-20H,5-8,11-14H2,1-4H3/t15-,16-,17+,18+,19+,20+,23+,24+/m1/s1. The van der Waals surface area contributed by atoms with Crippen molar-refractivity contribution < 1.29 is 0 Å². The van der Waals surface area contributed by atoms with Gasteiger partial charge in [0.05, 0.1) is 12.1 Å². The average Bonchev–Trinajstić information content (AvgIpc) is 3.48. The quantitative estimate of drug-likeness (QED) is 0.594. The molecule has 8 atom stereocenters. The Morgan fingerprint density at radius 3 is 1.46 bits per heavy atom. The lowest BCUT2D eigenvalue weighted by Gasteiger charge is -2.61. The maximum absolute atomic E-state index is 4.97. The second-order valence-electron chi connectivity index (χ2n) is 12.2. The molecule has 0 radical (unpaired) electrons. The van der Waals surface area contributed by atoms with Gasteiger partial charge >= 0.3 is 0 Å². The maximum Gasteiger partial charge on any atom is 0.0566 e. The van der Waals surface area contributed by atoms with E-state index in [1.807, 2.05) is 0 Å². The van der Waals surface area contributed by atoms with Gasteiger partial charge in [-0.2, -0.15) is 0 Å². The van der Waals surface area contributed by atoms with E-state index >= 15 is 0 Å². The van der Waals surface area contributed by atoms with Crippen LogP contribution in [-0.4, -0.2) is 24.5 Å². The number of hydrogen-bond donors (Lipinski definition) is 0. The molecular weight excluding hydrogens is 316 g/mol. The van der Waals surface area contributed by atoms with Crippen LogP contribution in [0.4, 0.5) is 0 Å². The van der Waals surface area contributed by atoms with E-state index in [-0.39, 0.29) is 0 Å². The summed E-state index contributed by atoms with van der Waals surface area (Å²) in [6.45, 7) is 10.0. The molecule has 0 aliphatic heterocycles. The van der Waals surface area contributed by atoms with Crippen molar-refractivity contribution >= 4 is 12.4 Å². The van der Waals surface area contributed by atoms with Gasteiger partial charge < -0.3 is 0 Å². The Bertz CT molecular complexity index is 639. The van der Waals surface area contributed by atoms with Gasteiger partial charge in [0.15, 0.2) is 0 Å². The first-order valence-corrected chi connectivity index (χ1v) is 11.4. The van der Waals surface area contributed by atoms with Gasteiger partial charge in [-0.1, -0.05) is 27.7 Å². The lowest BCUT2D eigenvalue weighted by atomic mass is 9.44. The van der Waals surface area contributed by atoms with Crippen LogP contribution in [0.1, 0.15) is 79.1 Å². The van der Waals surface area contributed by atoms with E-state index in [0.29, 0.717) is 33.7 Å². The summed E-state index contributed by atoms with van der Waals surface area (Å²) in [5.74, 6) is 3.88. The highest BCUT2D eigenvalue weighted by Crippen LogP contribution is 2.76. The number of aliphatic imine (C=N–C) groups is 2. The van der Waals surface area contributed by atoms with Crippen molar-refractivity contribution in [2.45, 2.75) is 91.1 Å². The minimum absolute atomic E-state index is 0.581. The zero-order chi connectivity index (χ0) is 17.9. The summed E-state index contributed by atoms with van der Waals surface area (Å²) >= 11 is 0. The second-order valence-corrected chi connectivity index (χ2v) is 12.2. The summed E-state index contributed by atoms with van der Waals surface area (Å²) in [7, 11) is 0. The third-order valence-electron chi connectivity index (χ3n) is 11.0. The van der Waals surface area contributed by atoms with Crippen LogP contribution in [0.25, 0.3) is 0 Å². The Kier molecular flexibility index (Phi) is 2.92.